The van der Waals surface area contributed by atoms with Crippen LogP contribution in [0.1, 0.15) is 0 Å². The lowest BCUT2D eigenvalue weighted by molar-refractivity contribution is 0.459. The van der Waals surface area contributed by atoms with E-state index < -0.39 is 40.6 Å². The SMILES string of the molecule is Fc1cc(Cl)cnc1Nc1c(F)c(F)cc(F)c1F. The number of benzene rings is 1. The molecule has 0 spiro atoms. The minimum atomic E-state index is -1.69. The highest BCUT2D eigenvalue weighted by molar-refractivity contribution is 6.30. The minimum absolute atomic E-state index is 0.0431. The Morgan fingerprint density at radius 2 is 1.47 bits per heavy atom. The second-order valence-electron chi connectivity index (χ2n) is 3.45. The zero-order chi connectivity index (χ0) is 14.2. The maximum absolute atomic E-state index is 13.4. The zero-order valence-corrected chi connectivity index (χ0v) is 9.70. The van der Waals surface area contributed by atoms with Gasteiger partial charge in [0.25, 0.3) is 0 Å². The second-order valence-corrected chi connectivity index (χ2v) is 3.89. The molecule has 0 saturated heterocycles. The van der Waals surface area contributed by atoms with Crippen LogP contribution in [0.25, 0.3) is 0 Å². The summed E-state index contributed by atoms with van der Waals surface area (Å²) in [5, 5.41) is 1.80. The van der Waals surface area contributed by atoms with Gasteiger partial charge >= 0.3 is 0 Å². The molecule has 1 aromatic carbocycles. The fourth-order valence-corrected chi connectivity index (χ4v) is 1.45. The number of hydrogen-bond acceptors (Lipinski definition) is 2. The highest BCUT2D eigenvalue weighted by Gasteiger charge is 2.20. The molecule has 1 heterocycles. The van der Waals surface area contributed by atoms with Crippen LogP contribution in [0.5, 0.6) is 0 Å². The molecule has 2 nitrogen and oxygen atoms in total. The number of nitrogens with one attached hydrogen (secondary N) is 1. The first-order valence-corrected chi connectivity index (χ1v) is 5.19. The summed E-state index contributed by atoms with van der Waals surface area (Å²) in [7, 11) is 0. The van der Waals surface area contributed by atoms with Gasteiger partial charge < -0.3 is 5.32 Å². The third-order valence-electron chi connectivity index (χ3n) is 2.16. The maximum atomic E-state index is 13.4. The van der Waals surface area contributed by atoms with Crippen LogP contribution in [0.4, 0.5) is 33.5 Å². The summed E-state index contributed by atoms with van der Waals surface area (Å²) < 4.78 is 65.9. The number of hydrogen-bond donors (Lipinski definition) is 1. The van der Waals surface area contributed by atoms with Crippen LogP contribution in [0.15, 0.2) is 18.3 Å². The van der Waals surface area contributed by atoms with E-state index >= 15 is 0 Å². The van der Waals surface area contributed by atoms with Gasteiger partial charge in [0.2, 0.25) is 0 Å². The van der Waals surface area contributed by atoms with Crippen LogP contribution >= 0.6 is 11.6 Å². The Balaban J connectivity index is 2.49. The van der Waals surface area contributed by atoms with Crippen LogP contribution in [-0.2, 0) is 0 Å². The standard InChI is InChI=1S/C11H4ClF5N2/c12-4-1-7(15)11(18-3-4)19-10-8(16)5(13)2-6(14)9(10)17/h1-3H,(H,18,19). The van der Waals surface area contributed by atoms with Crippen molar-refractivity contribution in [1.29, 1.82) is 0 Å². The summed E-state index contributed by atoms with van der Waals surface area (Å²) in [5.74, 6) is -8.25. The van der Waals surface area contributed by atoms with Crippen LogP contribution in [0.2, 0.25) is 5.02 Å². The van der Waals surface area contributed by atoms with Crippen molar-refractivity contribution >= 4 is 23.1 Å². The van der Waals surface area contributed by atoms with Crippen LogP contribution in [0.3, 0.4) is 0 Å². The second kappa shape index (κ2) is 5.00. The molecule has 0 aliphatic carbocycles. The Labute approximate surface area is 108 Å². The van der Waals surface area contributed by atoms with Crippen molar-refractivity contribution < 1.29 is 22.0 Å². The molecule has 100 valence electrons. The Bertz CT molecular complexity index is 621. The molecule has 0 radical (unpaired) electrons. The molecule has 0 saturated carbocycles. The predicted octanol–water partition coefficient (Wildman–Crippen LogP) is 4.17. The van der Waals surface area contributed by atoms with Gasteiger partial charge in [-0.2, -0.15) is 0 Å². The quantitative estimate of drug-likeness (QED) is 0.664. The summed E-state index contributed by atoms with van der Waals surface area (Å²) in [6, 6.07) is 0.865. The summed E-state index contributed by atoms with van der Waals surface area (Å²) >= 11 is 5.43. The largest absolute Gasteiger partial charge is 0.333 e. The van der Waals surface area contributed by atoms with E-state index in [0.29, 0.717) is 0 Å². The monoisotopic (exact) mass is 294 g/mol. The fraction of sp³-hybridized carbons (Fsp3) is 0. The van der Waals surface area contributed by atoms with Crippen molar-refractivity contribution in [1.82, 2.24) is 4.98 Å². The number of aromatic nitrogens is 1. The maximum Gasteiger partial charge on any atom is 0.185 e. The molecule has 1 N–H and O–H groups in total. The Morgan fingerprint density at radius 3 is 2.00 bits per heavy atom. The van der Waals surface area contributed by atoms with Gasteiger partial charge in [0.05, 0.1) is 5.02 Å². The zero-order valence-electron chi connectivity index (χ0n) is 8.95. The minimum Gasteiger partial charge on any atom is -0.333 e. The molecule has 0 aliphatic heterocycles. The highest BCUT2D eigenvalue weighted by atomic mass is 35.5. The summed E-state index contributed by atoms with van der Waals surface area (Å²) in [6.45, 7) is 0. The summed E-state index contributed by atoms with van der Waals surface area (Å²) in [4.78, 5) is 3.42. The Hall–Kier alpha value is -1.89. The number of anilines is 2. The van der Waals surface area contributed by atoms with Crippen molar-refractivity contribution in [3.63, 3.8) is 0 Å². The number of rotatable bonds is 2. The van der Waals surface area contributed by atoms with Crippen molar-refractivity contribution in [3.05, 3.63) is 52.4 Å². The first-order valence-electron chi connectivity index (χ1n) is 4.81. The van der Waals surface area contributed by atoms with Crippen molar-refractivity contribution in [2.24, 2.45) is 0 Å². The van der Waals surface area contributed by atoms with E-state index in [4.69, 9.17) is 11.6 Å². The van der Waals surface area contributed by atoms with E-state index in [1.54, 1.807) is 0 Å². The van der Waals surface area contributed by atoms with E-state index in [2.05, 4.69) is 4.98 Å². The third-order valence-corrected chi connectivity index (χ3v) is 2.37. The molecule has 8 heteroatoms. The fourth-order valence-electron chi connectivity index (χ4n) is 1.31. The molecule has 0 atom stereocenters. The molecule has 0 fully saturated rings. The van der Waals surface area contributed by atoms with Gasteiger partial charge in [-0.15, -0.1) is 0 Å². The lowest BCUT2D eigenvalue weighted by atomic mass is 10.2. The van der Waals surface area contributed by atoms with Gasteiger partial charge in [-0.3, -0.25) is 0 Å². The molecule has 0 aliphatic rings. The molecule has 1 aromatic heterocycles. The van der Waals surface area contributed by atoms with Gasteiger partial charge in [0, 0.05) is 12.3 Å². The number of nitrogens with zero attached hydrogens (tertiary/aromatic N) is 1. The van der Waals surface area contributed by atoms with E-state index in [1.165, 1.54) is 0 Å². The molecular weight excluding hydrogens is 291 g/mol. The molecule has 0 unspecified atom stereocenters. The average Bonchev–Trinajstić information content (AvgIpc) is 2.34. The Morgan fingerprint density at radius 1 is 0.895 bits per heavy atom. The van der Waals surface area contributed by atoms with E-state index in [9.17, 15) is 22.0 Å². The smallest absolute Gasteiger partial charge is 0.185 e. The lowest BCUT2D eigenvalue weighted by Gasteiger charge is -2.10. The predicted molar refractivity (Wildman–Crippen MR) is 58.8 cm³/mol. The number of pyridine rings is 1. The first-order chi connectivity index (χ1) is 8.90. The molecule has 0 amide bonds. The molecular formula is C11H4ClF5N2. The van der Waals surface area contributed by atoms with E-state index in [-0.39, 0.29) is 11.1 Å². The lowest BCUT2D eigenvalue weighted by Crippen LogP contribution is -2.05. The first kappa shape index (κ1) is 13.5. The van der Waals surface area contributed by atoms with Gasteiger partial charge in [0.1, 0.15) is 5.69 Å². The van der Waals surface area contributed by atoms with Gasteiger partial charge in [0.15, 0.2) is 34.9 Å². The van der Waals surface area contributed by atoms with Crippen molar-refractivity contribution in [3.8, 4) is 0 Å². The third kappa shape index (κ3) is 2.60. The van der Waals surface area contributed by atoms with Gasteiger partial charge in [-0.25, -0.2) is 26.9 Å². The Kier molecular flexibility index (Phi) is 3.57. The molecule has 2 rings (SSSR count). The van der Waals surface area contributed by atoms with Crippen LogP contribution < -0.4 is 5.32 Å². The van der Waals surface area contributed by atoms with Gasteiger partial charge in [-0.05, 0) is 6.07 Å². The number of halogens is 6. The van der Waals surface area contributed by atoms with Gasteiger partial charge in [-0.1, -0.05) is 11.6 Å². The normalized spacial score (nSPS) is 10.6. The summed E-state index contributed by atoms with van der Waals surface area (Å²) in [5.41, 5.74) is -1.17. The van der Waals surface area contributed by atoms with Crippen LogP contribution in [0, 0.1) is 29.1 Å². The van der Waals surface area contributed by atoms with Crippen molar-refractivity contribution in [2.75, 3.05) is 5.32 Å². The topological polar surface area (TPSA) is 24.9 Å². The summed E-state index contributed by atoms with van der Waals surface area (Å²) in [6.07, 6.45) is 0.998. The van der Waals surface area contributed by atoms with Crippen LogP contribution in [-0.4, -0.2) is 4.98 Å². The highest BCUT2D eigenvalue weighted by Crippen LogP contribution is 2.28. The molecule has 0 bridgehead atoms. The average molecular weight is 295 g/mol. The molecule has 19 heavy (non-hydrogen) atoms. The molecule has 2 aromatic rings. The van der Waals surface area contributed by atoms with E-state index in [0.717, 1.165) is 12.3 Å². The van der Waals surface area contributed by atoms with E-state index in [1.807, 2.05) is 5.32 Å². The van der Waals surface area contributed by atoms with Crippen molar-refractivity contribution in [2.45, 2.75) is 0 Å².